The Bertz CT molecular complexity index is 365. The number of nitrogens with zero attached hydrogens (tertiary/aromatic N) is 1. The molecule has 0 amide bonds. The molecule has 0 heterocycles. The monoisotopic (exact) mass is 223 g/mol. The number of hydrazone groups is 1. The fourth-order valence-electron chi connectivity index (χ4n) is 0.957. The standard InChI is InChI=1S/C10H13N3OS/c1-2-11-10(15)13-12-7-8-5-3-4-6-9(8)14/h3-7,14H,2H2,1H3,(H2,11,13,15). The van der Waals surface area contributed by atoms with Crippen LogP contribution in [0.3, 0.4) is 0 Å². The highest BCUT2D eigenvalue weighted by Gasteiger charge is 1.94. The zero-order valence-corrected chi connectivity index (χ0v) is 9.21. The van der Waals surface area contributed by atoms with Crippen LogP contribution in [0.1, 0.15) is 12.5 Å². The van der Waals surface area contributed by atoms with Gasteiger partial charge in [0, 0.05) is 12.1 Å². The summed E-state index contributed by atoms with van der Waals surface area (Å²) in [6.07, 6.45) is 1.51. The molecule has 0 saturated carbocycles. The Kier molecular flexibility index (Phi) is 4.56. The molecule has 0 spiro atoms. The number of hydrogen-bond acceptors (Lipinski definition) is 3. The van der Waals surface area contributed by atoms with E-state index in [2.05, 4.69) is 15.8 Å². The van der Waals surface area contributed by atoms with Crippen molar-refractivity contribution in [2.75, 3.05) is 6.54 Å². The molecule has 0 radical (unpaired) electrons. The first kappa shape index (κ1) is 11.5. The Balaban J connectivity index is 2.52. The van der Waals surface area contributed by atoms with Crippen LogP contribution in [0.25, 0.3) is 0 Å². The molecular formula is C10H13N3OS. The number of phenolic OH excluding ortho intramolecular Hbond substituents is 1. The summed E-state index contributed by atoms with van der Waals surface area (Å²) in [5.41, 5.74) is 3.28. The first-order chi connectivity index (χ1) is 7.24. The van der Waals surface area contributed by atoms with E-state index < -0.39 is 0 Å². The zero-order chi connectivity index (χ0) is 11.1. The molecule has 5 heteroatoms. The fraction of sp³-hybridized carbons (Fsp3) is 0.200. The van der Waals surface area contributed by atoms with Gasteiger partial charge in [-0.25, -0.2) is 0 Å². The summed E-state index contributed by atoms with van der Waals surface area (Å²) >= 11 is 4.90. The number of hydrogen-bond donors (Lipinski definition) is 3. The van der Waals surface area contributed by atoms with Crippen LogP contribution >= 0.6 is 12.2 Å². The van der Waals surface area contributed by atoms with Gasteiger partial charge in [-0.05, 0) is 31.3 Å². The maximum Gasteiger partial charge on any atom is 0.186 e. The van der Waals surface area contributed by atoms with Crippen molar-refractivity contribution >= 4 is 23.5 Å². The van der Waals surface area contributed by atoms with Crippen molar-refractivity contribution in [2.45, 2.75) is 6.92 Å². The van der Waals surface area contributed by atoms with Gasteiger partial charge < -0.3 is 10.4 Å². The minimum absolute atomic E-state index is 0.192. The summed E-state index contributed by atoms with van der Waals surface area (Å²) < 4.78 is 0. The van der Waals surface area contributed by atoms with Gasteiger partial charge in [-0.1, -0.05) is 12.1 Å². The van der Waals surface area contributed by atoms with E-state index in [9.17, 15) is 5.11 Å². The molecule has 1 aromatic carbocycles. The van der Waals surface area contributed by atoms with Crippen LogP contribution in [0.4, 0.5) is 0 Å². The van der Waals surface area contributed by atoms with E-state index in [4.69, 9.17) is 12.2 Å². The molecule has 0 saturated heterocycles. The minimum Gasteiger partial charge on any atom is -0.507 e. The molecule has 15 heavy (non-hydrogen) atoms. The van der Waals surface area contributed by atoms with Gasteiger partial charge in [0.1, 0.15) is 5.75 Å². The highest BCUT2D eigenvalue weighted by Crippen LogP contribution is 2.12. The Morgan fingerprint density at radius 3 is 2.93 bits per heavy atom. The van der Waals surface area contributed by atoms with E-state index in [1.165, 1.54) is 6.21 Å². The SMILES string of the molecule is CCNC(=S)NN=Cc1ccccc1O. The Hall–Kier alpha value is -1.62. The maximum absolute atomic E-state index is 9.41. The third kappa shape index (κ3) is 3.95. The largest absolute Gasteiger partial charge is 0.507 e. The second-order valence-corrected chi connectivity index (χ2v) is 3.20. The molecule has 0 aromatic heterocycles. The molecule has 1 rings (SSSR count). The topological polar surface area (TPSA) is 56.7 Å². The quantitative estimate of drug-likeness (QED) is 0.409. The number of phenols is 1. The van der Waals surface area contributed by atoms with Gasteiger partial charge in [0.15, 0.2) is 5.11 Å². The van der Waals surface area contributed by atoms with Crippen molar-refractivity contribution in [3.8, 4) is 5.75 Å². The van der Waals surface area contributed by atoms with Crippen molar-refractivity contribution in [1.29, 1.82) is 0 Å². The summed E-state index contributed by atoms with van der Waals surface area (Å²) in [5.74, 6) is 0.192. The Labute approximate surface area is 94.0 Å². The van der Waals surface area contributed by atoms with Gasteiger partial charge >= 0.3 is 0 Å². The molecule has 80 valence electrons. The van der Waals surface area contributed by atoms with Crippen molar-refractivity contribution in [1.82, 2.24) is 10.7 Å². The minimum atomic E-state index is 0.192. The Morgan fingerprint density at radius 2 is 2.27 bits per heavy atom. The predicted octanol–water partition coefficient (Wildman–Crippen LogP) is 1.21. The van der Waals surface area contributed by atoms with Crippen LogP contribution in [0.15, 0.2) is 29.4 Å². The number of nitrogens with one attached hydrogen (secondary N) is 2. The van der Waals surface area contributed by atoms with Gasteiger partial charge in [0.2, 0.25) is 0 Å². The molecule has 1 aromatic rings. The lowest BCUT2D eigenvalue weighted by molar-refractivity contribution is 0.474. The van der Waals surface area contributed by atoms with Crippen molar-refractivity contribution in [3.05, 3.63) is 29.8 Å². The number of benzene rings is 1. The normalized spacial score (nSPS) is 10.2. The summed E-state index contributed by atoms with van der Waals surface area (Å²) in [7, 11) is 0. The smallest absolute Gasteiger partial charge is 0.186 e. The van der Waals surface area contributed by atoms with Crippen molar-refractivity contribution < 1.29 is 5.11 Å². The lowest BCUT2D eigenvalue weighted by Crippen LogP contribution is -2.31. The highest BCUT2D eigenvalue weighted by atomic mass is 32.1. The summed E-state index contributed by atoms with van der Waals surface area (Å²) in [4.78, 5) is 0. The van der Waals surface area contributed by atoms with E-state index in [0.29, 0.717) is 10.7 Å². The molecule has 0 aliphatic rings. The average Bonchev–Trinajstić information content (AvgIpc) is 2.21. The van der Waals surface area contributed by atoms with Crippen LogP contribution in [0, 0.1) is 0 Å². The third-order valence-electron chi connectivity index (χ3n) is 1.64. The van der Waals surface area contributed by atoms with Crippen molar-refractivity contribution in [2.24, 2.45) is 5.10 Å². The van der Waals surface area contributed by atoms with Gasteiger partial charge in [0.25, 0.3) is 0 Å². The number of aromatic hydroxyl groups is 1. The van der Waals surface area contributed by atoms with Gasteiger partial charge in [-0.3, -0.25) is 5.43 Å². The van der Waals surface area contributed by atoms with E-state index in [1.54, 1.807) is 18.2 Å². The summed E-state index contributed by atoms with van der Waals surface area (Å²) in [6.45, 7) is 2.69. The number of rotatable bonds is 3. The van der Waals surface area contributed by atoms with Crippen molar-refractivity contribution in [3.63, 3.8) is 0 Å². The zero-order valence-electron chi connectivity index (χ0n) is 8.40. The fourth-order valence-corrected chi connectivity index (χ4v) is 1.15. The average molecular weight is 223 g/mol. The molecule has 0 aliphatic heterocycles. The van der Waals surface area contributed by atoms with Gasteiger partial charge in [0.05, 0.1) is 6.21 Å². The molecule has 0 unspecified atom stereocenters. The van der Waals surface area contributed by atoms with Crippen LogP contribution < -0.4 is 10.7 Å². The lowest BCUT2D eigenvalue weighted by Gasteiger charge is -2.02. The van der Waals surface area contributed by atoms with E-state index >= 15 is 0 Å². The molecular weight excluding hydrogens is 210 g/mol. The third-order valence-corrected chi connectivity index (χ3v) is 1.88. The second kappa shape index (κ2) is 5.98. The van der Waals surface area contributed by atoms with Crippen LogP contribution in [0.2, 0.25) is 0 Å². The first-order valence-electron chi connectivity index (χ1n) is 4.59. The first-order valence-corrected chi connectivity index (χ1v) is 4.99. The van der Waals surface area contributed by atoms with E-state index in [1.807, 2.05) is 13.0 Å². The van der Waals surface area contributed by atoms with Crippen LogP contribution in [0.5, 0.6) is 5.75 Å². The van der Waals surface area contributed by atoms with Gasteiger partial charge in [-0.2, -0.15) is 5.10 Å². The highest BCUT2D eigenvalue weighted by molar-refractivity contribution is 7.80. The maximum atomic E-state index is 9.41. The van der Waals surface area contributed by atoms with E-state index in [0.717, 1.165) is 6.54 Å². The summed E-state index contributed by atoms with van der Waals surface area (Å²) in [5, 5.41) is 16.6. The second-order valence-electron chi connectivity index (χ2n) is 2.79. The molecule has 0 fully saturated rings. The summed E-state index contributed by atoms with van der Waals surface area (Å²) in [6, 6.07) is 6.94. The molecule has 3 N–H and O–H groups in total. The molecule has 0 atom stereocenters. The number of thiocarbonyl (C=S) groups is 1. The van der Waals surface area contributed by atoms with Crippen LogP contribution in [-0.2, 0) is 0 Å². The number of para-hydroxylation sites is 1. The molecule has 4 nitrogen and oxygen atoms in total. The van der Waals surface area contributed by atoms with Gasteiger partial charge in [-0.15, -0.1) is 0 Å². The molecule has 0 bridgehead atoms. The molecule has 0 aliphatic carbocycles. The lowest BCUT2D eigenvalue weighted by atomic mass is 10.2. The van der Waals surface area contributed by atoms with Crippen LogP contribution in [-0.4, -0.2) is 23.0 Å². The van der Waals surface area contributed by atoms with E-state index in [-0.39, 0.29) is 5.75 Å². The predicted molar refractivity (Wildman–Crippen MR) is 65.1 cm³/mol. The Morgan fingerprint density at radius 1 is 1.53 bits per heavy atom.